The lowest BCUT2D eigenvalue weighted by atomic mass is 10.1. The number of amides is 1. The molecular formula is C26H29ClN2O4. The third-order valence-electron chi connectivity index (χ3n) is 5.29. The van der Waals surface area contributed by atoms with Crippen molar-refractivity contribution in [3.63, 3.8) is 0 Å². The summed E-state index contributed by atoms with van der Waals surface area (Å²) < 4.78 is 17.0. The van der Waals surface area contributed by atoms with Gasteiger partial charge >= 0.3 is 0 Å². The number of rotatable bonds is 10. The smallest absolute Gasteiger partial charge is 0.251 e. The summed E-state index contributed by atoms with van der Waals surface area (Å²) in [4.78, 5) is 15.0. The van der Waals surface area contributed by atoms with Crippen molar-refractivity contribution in [1.29, 1.82) is 0 Å². The van der Waals surface area contributed by atoms with Crippen LogP contribution in [0.5, 0.6) is 17.2 Å². The van der Waals surface area contributed by atoms with Gasteiger partial charge in [0.05, 0.1) is 20.3 Å². The molecule has 174 valence electrons. The summed E-state index contributed by atoms with van der Waals surface area (Å²) in [5, 5.41) is 3.66. The molecule has 0 saturated carbocycles. The van der Waals surface area contributed by atoms with Crippen molar-refractivity contribution < 1.29 is 19.0 Å². The SMILES string of the molecule is COc1cc(C(=O)NC[C@@H](c2ccccc2Cl)N(C)C)cc(OC)c1OCc1ccccc1. The third-order valence-corrected chi connectivity index (χ3v) is 5.64. The highest BCUT2D eigenvalue weighted by Crippen LogP contribution is 2.39. The van der Waals surface area contributed by atoms with Crippen LogP contribution in [-0.2, 0) is 6.61 Å². The van der Waals surface area contributed by atoms with Crippen molar-refractivity contribution in [2.45, 2.75) is 12.6 Å². The number of likely N-dealkylation sites (N-methyl/N-ethyl adjacent to an activating group) is 1. The summed E-state index contributed by atoms with van der Waals surface area (Å²) in [6.07, 6.45) is 0. The van der Waals surface area contributed by atoms with Crippen LogP contribution in [0.15, 0.2) is 66.7 Å². The molecule has 0 radical (unpaired) electrons. The van der Waals surface area contributed by atoms with Crippen LogP contribution >= 0.6 is 11.6 Å². The van der Waals surface area contributed by atoms with Crippen molar-refractivity contribution in [1.82, 2.24) is 10.2 Å². The van der Waals surface area contributed by atoms with E-state index in [1.165, 1.54) is 14.2 Å². The molecule has 0 fully saturated rings. The van der Waals surface area contributed by atoms with Gasteiger partial charge in [-0.05, 0) is 43.4 Å². The topological polar surface area (TPSA) is 60.0 Å². The number of benzene rings is 3. The number of nitrogens with zero attached hydrogens (tertiary/aromatic N) is 1. The van der Waals surface area contributed by atoms with E-state index in [4.69, 9.17) is 25.8 Å². The first-order valence-corrected chi connectivity index (χ1v) is 10.9. The first kappa shape index (κ1) is 24.4. The van der Waals surface area contributed by atoms with Crippen LogP contribution in [0.4, 0.5) is 0 Å². The maximum atomic E-state index is 13.0. The van der Waals surface area contributed by atoms with Crippen molar-refractivity contribution in [2.24, 2.45) is 0 Å². The van der Waals surface area contributed by atoms with Gasteiger partial charge in [0.15, 0.2) is 11.5 Å². The zero-order valence-electron chi connectivity index (χ0n) is 19.3. The molecule has 1 atom stereocenters. The van der Waals surface area contributed by atoms with E-state index in [1.54, 1.807) is 12.1 Å². The molecule has 1 amide bonds. The second-order valence-electron chi connectivity index (χ2n) is 7.70. The Balaban J connectivity index is 1.77. The standard InChI is InChI=1S/C26H29ClN2O4/c1-29(2)22(20-12-8-9-13-21(20)27)16-28-26(30)19-14-23(31-3)25(24(15-19)32-4)33-17-18-10-6-5-7-11-18/h5-15,22H,16-17H2,1-4H3,(H,28,30)/t22-/m0/s1. The molecule has 1 N–H and O–H groups in total. The minimum Gasteiger partial charge on any atom is -0.493 e. The molecule has 0 aliphatic carbocycles. The number of hydrogen-bond acceptors (Lipinski definition) is 5. The zero-order chi connectivity index (χ0) is 23.8. The molecule has 0 bridgehead atoms. The van der Waals surface area contributed by atoms with Crippen molar-refractivity contribution in [3.05, 3.63) is 88.4 Å². The summed E-state index contributed by atoms with van der Waals surface area (Å²) >= 11 is 6.38. The Morgan fingerprint density at radius 1 is 0.970 bits per heavy atom. The molecule has 0 aromatic heterocycles. The van der Waals surface area contributed by atoms with Gasteiger partial charge in [-0.3, -0.25) is 4.79 Å². The van der Waals surface area contributed by atoms with Gasteiger partial charge in [0, 0.05) is 17.1 Å². The highest BCUT2D eigenvalue weighted by molar-refractivity contribution is 6.31. The maximum absolute atomic E-state index is 13.0. The minimum atomic E-state index is -0.250. The van der Waals surface area contributed by atoms with Gasteiger partial charge in [-0.1, -0.05) is 60.1 Å². The molecule has 0 spiro atoms. The van der Waals surface area contributed by atoms with Crippen LogP contribution in [0.2, 0.25) is 5.02 Å². The molecule has 3 aromatic rings. The molecule has 0 saturated heterocycles. The lowest BCUT2D eigenvalue weighted by Gasteiger charge is -2.26. The van der Waals surface area contributed by atoms with E-state index in [9.17, 15) is 4.79 Å². The Labute approximate surface area is 200 Å². The second kappa shape index (κ2) is 11.6. The van der Waals surface area contributed by atoms with E-state index in [1.807, 2.05) is 73.6 Å². The summed E-state index contributed by atoms with van der Waals surface area (Å²) in [6.45, 7) is 0.730. The monoisotopic (exact) mass is 468 g/mol. The maximum Gasteiger partial charge on any atom is 0.251 e. The Hall–Kier alpha value is -3.22. The fourth-order valence-electron chi connectivity index (χ4n) is 3.49. The van der Waals surface area contributed by atoms with E-state index < -0.39 is 0 Å². The van der Waals surface area contributed by atoms with Gasteiger partial charge < -0.3 is 24.4 Å². The molecule has 3 rings (SSSR count). The Morgan fingerprint density at radius 2 is 1.58 bits per heavy atom. The minimum absolute atomic E-state index is 0.0834. The lowest BCUT2D eigenvalue weighted by Crippen LogP contribution is -2.34. The normalized spacial score (nSPS) is 11.7. The molecule has 6 nitrogen and oxygen atoms in total. The first-order valence-electron chi connectivity index (χ1n) is 10.6. The Kier molecular flexibility index (Phi) is 8.58. The highest BCUT2D eigenvalue weighted by Gasteiger charge is 2.21. The van der Waals surface area contributed by atoms with Crippen molar-refractivity contribution in [3.8, 4) is 17.2 Å². The molecule has 0 aliphatic rings. The number of ether oxygens (including phenoxy) is 3. The molecule has 7 heteroatoms. The van der Waals surface area contributed by atoms with Gasteiger partial charge in [0.25, 0.3) is 5.91 Å². The van der Waals surface area contributed by atoms with Crippen LogP contribution in [0.3, 0.4) is 0 Å². The first-order chi connectivity index (χ1) is 15.9. The van der Waals surface area contributed by atoms with Gasteiger partial charge in [-0.2, -0.15) is 0 Å². The van der Waals surface area contributed by atoms with E-state index in [0.29, 0.717) is 41.0 Å². The second-order valence-corrected chi connectivity index (χ2v) is 8.10. The largest absolute Gasteiger partial charge is 0.493 e. The Morgan fingerprint density at radius 3 is 2.15 bits per heavy atom. The van der Waals surface area contributed by atoms with Crippen LogP contribution in [0.25, 0.3) is 0 Å². The number of carbonyl (C=O) groups excluding carboxylic acids is 1. The quantitative estimate of drug-likeness (QED) is 0.455. The van der Waals surface area contributed by atoms with Crippen LogP contribution < -0.4 is 19.5 Å². The van der Waals surface area contributed by atoms with Crippen LogP contribution in [0.1, 0.15) is 27.5 Å². The molecule has 0 unspecified atom stereocenters. The van der Waals surface area contributed by atoms with Gasteiger partial charge in [-0.25, -0.2) is 0 Å². The van der Waals surface area contributed by atoms with Gasteiger partial charge in [-0.15, -0.1) is 0 Å². The highest BCUT2D eigenvalue weighted by atomic mass is 35.5. The van der Waals surface area contributed by atoms with E-state index in [2.05, 4.69) is 5.32 Å². The van der Waals surface area contributed by atoms with Crippen LogP contribution in [-0.4, -0.2) is 45.7 Å². The lowest BCUT2D eigenvalue weighted by molar-refractivity contribution is 0.0941. The zero-order valence-corrected chi connectivity index (χ0v) is 20.1. The number of hydrogen-bond donors (Lipinski definition) is 1. The summed E-state index contributed by atoms with van der Waals surface area (Å²) in [7, 11) is 6.97. The third kappa shape index (κ3) is 6.18. The van der Waals surface area contributed by atoms with Crippen LogP contribution in [0, 0.1) is 0 Å². The van der Waals surface area contributed by atoms with E-state index in [0.717, 1.165) is 11.1 Å². The predicted molar refractivity (Wildman–Crippen MR) is 131 cm³/mol. The summed E-state index contributed by atoms with van der Waals surface area (Å²) in [5.41, 5.74) is 2.37. The molecular weight excluding hydrogens is 440 g/mol. The average molecular weight is 469 g/mol. The molecule has 33 heavy (non-hydrogen) atoms. The van der Waals surface area contributed by atoms with E-state index >= 15 is 0 Å². The Bertz CT molecular complexity index is 1050. The summed E-state index contributed by atoms with van der Waals surface area (Å²) in [5.74, 6) is 1.04. The fraction of sp³-hybridized carbons (Fsp3) is 0.269. The van der Waals surface area contributed by atoms with Crippen molar-refractivity contribution in [2.75, 3.05) is 34.9 Å². The number of halogens is 1. The summed E-state index contributed by atoms with van der Waals surface area (Å²) in [6, 6.07) is 20.6. The molecule has 0 aliphatic heterocycles. The predicted octanol–water partition coefficient (Wildman–Crippen LogP) is 4.97. The number of carbonyl (C=O) groups is 1. The van der Waals surface area contributed by atoms with Crippen molar-refractivity contribution >= 4 is 17.5 Å². The van der Waals surface area contributed by atoms with Gasteiger partial charge in [0.2, 0.25) is 5.75 Å². The fourth-order valence-corrected chi connectivity index (χ4v) is 3.75. The molecule has 3 aromatic carbocycles. The van der Waals surface area contributed by atoms with E-state index in [-0.39, 0.29) is 11.9 Å². The average Bonchev–Trinajstić information content (AvgIpc) is 2.83. The molecule has 0 heterocycles. The number of methoxy groups -OCH3 is 2. The number of nitrogens with one attached hydrogen (secondary N) is 1. The van der Waals surface area contributed by atoms with Gasteiger partial charge in [0.1, 0.15) is 6.61 Å².